The molecule has 0 aromatic heterocycles. The monoisotopic (exact) mass is 318 g/mol. The van der Waals surface area contributed by atoms with Crippen molar-refractivity contribution in [3.8, 4) is 0 Å². The van der Waals surface area contributed by atoms with E-state index < -0.39 is 0 Å². The van der Waals surface area contributed by atoms with E-state index >= 15 is 0 Å². The SMILES string of the molecule is O=C(C1CN(Cc2ccccc2)CCO1)N1CCC(CO)CC1. The van der Waals surface area contributed by atoms with Crippen LogP contribution in [0, 0.1) is 5.92 Å². The predicted molar refractivity (Wildman–Crippen MR) is 87.8 cm³/mol. The highest BCUT2D eigenvalue weighted by Gasteiger charge is 2.32. The minimum atomic E-state index is -0.349. The van der Waals surface area contributed by atoms with Crippen LogP contribution in [0.2, 0.25) is 0 Å². The molecule has 0 bridgehead atoms. The van der Waals surface area contributed by atoms with E-state index in [0.717, 1.165) is 39.0 Å². The summed E-state index contributed by atoms with van der Waals surface area (Å²) in [7, 11) is 0. The maximum absolute atomic E-state index is 12.7. The van der Waals surface area contributed by atoms with Gasteiger partial charge in [0, 0.05) is 39.3 Å². The van der Waals surface area contributed by atoms with E-state index in [2.05, 4.69) is 17.0 Å². The van der Waals surface area contributed by atoms with Crippen molar-refractivity contribution in [3.05, 3.63) is 35.9 Å². The summed E-state index contributed by atoms with van der Waals surface area (Å²) in [5, 5.41) is 9.20. The molecular formula is C18H26N2O3. The molecule has 1 N–H and O–H groups in total. The maximum atomic E-state index is 12.7. The van der Waals surface area contributed by atoms with Gasteiger partial charge in [0.2, 0.25) is 0 Å². The number of piperidine rings is 1. The first kappa shape index (κ1) is 16.4. The second-order valence-corrected chi connectivity index (χ2v) is 6.53. The molecule has 126 valence electrons. The van der Waals surface area contributed by atoms with Gasteiger partial charge in [0.05, 0.1) is 6.61 Å². The first-order valence-corrected chi connectivity index (χ1v) is 8.54. The number of aliphatic hydroxyl groups is 1. The number of hydrogen-bond donors (Lipinski definition) is 1. The lowest BCUT2D eigenvalue weighted by molar-refractivity contribution is -0.151. The normalized spacial score (nSPS) is 23.9. The number of ether oxygens (including phenoxy) is 1. The van der Waals surface area contributed by atoms with E-state index in [1.165, 1.54) is 5.56 Å². The summed E-state index contributed by atoms with van der Waals surface area (Å²) in [6.45, 7) is 4.70. The number of carbonyl (C=O) groups is 1. The zero-order chi connectivity index (χ0) is 16.1. The fraction of sp³-hybridized carbons (Fsp3) is 0.611. The lowest BCUT2D eigenvalue weighted by atomic mass is 9.97. The van der Waals surface area contributed by atoms with Crippen LogP contribution in [-0.2, 0) is 16.1 Å². The number of likely N-dealkylation sites (tertiary alicyclic amines) is 1. The Labute approximate surface area is 137 Å². The van der Waals surface area contributed by atoms with E-state index in [0.29, 0.717) is 19.1 Å². The molecule has 0 aliphatic carbocycles. The summed E-state index contributed by atoms with van der Waals surface area (Å²) in [5.74, 6) is 0.458. The number of benzene rings is 1. The number of carbonyl (C=O) groups excluding carboxylic acids is 1. The molecule has 23 heavy (non-hydrogen) atoms. The standard InChI is InChI=1S/C18H26N2O3/c21-14-16-6-8-20(9-7-16)18(22)17-13-19(10-11-23-17)12-15-4-2-1-3-5-15/h1-5,16-17,21H,6-14H2. The summed E-state index contributed by atoms with van der Waals surface area (Å²) < 4.78 is 5.73. The van der Waals surface area contributed by atoms with Gasteiger partial charge in [-0.25, -0.2) is 0 Å². The van der Waals surface area contributed by atoms with Gasteiger partial charge in [-0.3, -0.25) is 9.69 Å². The molecule has 0 saturated carbocycles. The summed E-state index contributed by atoms with van der Waals surface area (Å²) in [6.07, 6.45) is 1.43. The van der Waals surface area contributed by atoms with Gasteiger partial charge >= 0.3 is 0 Å². The van der Waals surface area contributed by atoms with Crippen LogP contribution in [0.25, 0.3) is 0 Å². The zero-order valence-corrected chi connectivity index (χ0v) is 13.6. The number of aliphatic hydroxyl groups excluding tert-OH is 1. The molecule has 1 amide bonds. The Bertz CT molecular complexity index is 500. The molecule has 5 nitrogen and oxygen atoms in total. The average molecular weight is 318 g/mol. The Hall–Kier alpha value is -1.43. The fourth-order valence-corrected chi connectivity index (χ4v) is 3.38. The van der Waals surface area contributed by atoms with Gasteiger partial charge in [0.1, 0.15) is 6.10 Å². The minimum Gasteiger partial charge on any atom is -0.396 e. The van der Waals surface area contributed by atoms with Crippen LogP contribution in [-0.4, -0.2) is 66.3 Å². The molecule has 5 heteroatoms. The molecular weight excluding hydrogens is 292 g/mol. The average Bonchev–Trinajstić information content (AvgIpc) is 2.62. The van der Waals surface area contributed by atoms with Gasteiger partial charge in [-0.05, 0) is 24.3 Å². The van der Waals surface area contributed by atoms with E-state index in [4.69, 9.17) is 4.74 Å². The number of hydrogen-bond acceptors (Lipinski definition) is 4. The summed E-state index contributed by atoms with van der Waals surface area (Å²) >= 11 is 0. The molecule has 1 aromatic carbocycles. The molecule has 1 aromatic rings. The van der Waals surface area contributed by atoms with Gasteiger partial charge < -0.3 is 14.7 Å². The maximum Gasteiger partial charge on any atom is 0.253 e. The Morgan fingerprint density at radius 1 is 1.17 bits per heavy atom. The van der Waals surface area contributed by atoms with Crippen molar-refractivity contribution in [2.75, 3.05) is 39.4 Å². The van der Waals surface area contributed by atoms with Crippen LogP contribution in [0.3, 0.4) is 0 Å². The van der Waals surface area contributed by atoms with Gasteiger partial charge in [-0.1, -0.05) is 30.3 Å². The summed E-state index contributed by atoms with van der Waals surface area (Å²) in [5.41, 5.74) is 1.27. The van der Waals surface area contributed by atoms with Crippen LogP contribution in [0.5, 0.6) is 0 Å². The lowest BCUT2D eigenvalue weighted by Gasteiger charge is -2.37. The Morgan fingerprint density at radius 2 is 1.91 bits per heavy atom. The predicted octanol–water partition coefficient (Wildman–Crippen LogP) is 1.12. The highest BCUT2D eigenvalue weighted by Crippen LogP contribution is 2.19. The minimum absolute atomic E-state index is 0.110. The number of rotatable bonds is 4. The van der Waals surface area contributed by atoms with Crippen molar-refractivity contribution in [1.82, 2.24) is 9.80 Å². The van der Waals surface area contributed by atoms with E-state index in [9.17, 15) is 9.90 Å². The summed E-state index contributed by atoms with van der Waals surface area (Å²) in [6, 6.07) is 10.3. The van der Waals surface area contributed by atoms with E-state index in [1.807, 2.05) is 23.1 Å². The van der Waals surface area contributed by atoms with Crippen molar-refractivity contribution in [3.63, 3.8) is 0 Å². The molecule has 2 heterocycles. The van der Waals surface area contributed by atoms with Crippen LogP contribution >= 0.6 is 0 Å². The van der Waals surface area contributed by atoms with Crippen molar-refractivity contribution >= 4 is 5.91 Å². The molecule has 2 saturated heterocycles. The molecule has 0 radical (unpaired) electrons. The molecule has 2 aliphatic rings. The zero-order valence-electron chi connectivity index (χ0n) is 13.6. The van der Waals surface area contributed by atoms with Crippen LogP contribution in [0.15, 0.2) is 30.3 Å². The van der Waals surface area contributed by atoms with Gasteiger partial charge in [0.25, 0.3) is 5.91 Å². The van der Waals surface area contributed by atoms with Crippen LogP contribution in [0.1, 0.15) is 18.4 Å². The highest BCUT2D eigenvalue weighted by molar-refractivity contribution is 5.81. The third-order valence-corrected chi connectivity index (χ3v) is 4.86. The fourth-order valence-electron chi connectivity index (χ4n) is 3.38. The van der Waals surface area contributed by atoms with Gasteiger partial charge in [0.15, 0.2) is 0 Å². The second-order valence-electron chi connectivity index (χ2n) is 6.53. The van der Waals surface area contributed by atoms with Crippen molar-refractivity contribution < 1.29 is 14.6 Å². The van der Waals surface area contributed by atoms with E-state index in [-0.39, 0.29) is 18.6 Å². The first-order chi connectivity index (χ1) is 11.3. The Balaban J connectivity index is 1.53. The van der Waals surface area contributed by atoms with Gasteiger partial charge in [-0.15, -0.1) is 0 Å². The topological polar surface area (TPSA) is 53.0 Å². The molecule has 1 atom stereocenters. The Morgan fingerprint density at radius 3 is 2.61 bits per heavy atom. The smallest absolute Gasteiger partial charge is 0.253 e. The largest absolute Gasteiger partial charge is 0.396 e. The number of morpholine rings is 1. The second kappa shape index (κ2) is 7.90. The Kier molecular flexibility index (Phi) is 5.65. The van der Waals surface area contributed by atoms with Crippen molar-refractivity contribution in [2.24, 2.45) is 5.92 Å². The third-order valence-electron chi connectivity index (χ3n) is 4.86. The quantitative estimate of drug-likeness (QED) is 0.904. The van der Waals surface area contributed by atoms with Crippen LogP contribution in [0.4, 0.5) is 0 Å². The first-order valence-electron chi connectivity index (χ1n) is 8.54. The molecule has 3 rings (SSSR count). The molecule has 2 aliphatic heterocycles. The highest BCUT2D eigenvalue weighted by atomic mass is 16.5. The number of amides is 1. The van der Waals surface area contributed by atoms with Crippen LogP contribution < -0.4 is 0 Å². The van der Waals surface area contributed by atoms with Crippen molar-refractivity contribution in [1.29, 1.82) is 0 Å². The lowest BCUT2D eigenvalue weighted by Crippen LogP contribution is -2.52. The summed E-state index contributed by atoms with van der Waals surface area (Å²) in [4.78, 5) is 16.9. The molecule has 1 unspecified atom stereocenters. The van der Waals surface area contributed by atoms with Gasteiger partial charge in [-0.2, -0.15) is 0 Å². The van der Waals surface area contributed by atoms with E-state index in [1.54, 1.807) is 0 Å². The molecule has 0 spiro atoms. The number of nitrogens with zero attached hydrogens (tertiary/aromatic N) is 2. The van der Waals surface area contributed by atoms with Crippen molar-refractivity contribution in [2.45, 2.75) is 25.5 Å². The third kappa shape index (κ3) is 4.31. The molecule has 2 fully saturated rings.